The number of hydrogen-bond acceptors (Lipinski definition) is 4. The molecule has 0 saturated carbocycles. The molecule has 2 saturated heterocycles. The molecule has 0 N–H and O–H groups in total. The zero-order valence-corrected chi connectivity index (χ0v) is 15.8. The van der Waals surface area contributed by atoms with E-state index in [1.54, 1.807) is 30.5 Å². The summed E-state index contributed by atoms with van der Waals surface area (Å²) >= 11 is 0. The normalized spacial score (nSPS) is 25.7. The first-order chi connectivity index (χ1) is 11.8. The predicted molar refractivity (Wildman–Crippen MR) is 96.2 cm³/mol. The molecule has 1 atom stereocenters. The fourth-order valence-electron chi connectivity index (χ4n) is 3.97. The largest absolute Gasteiger partial charge is 0.338 e. The van der Waals surface area contributed by atoms with Crippen LogP contribution in [0.4, 0.5) is 0 Å². The zero-order chi connectivity index (χ0) is 18.1. The molecule has 0 unspecified atom stereocenters. The van der Waals surface area contributed by atoms with E-state index in [0.29, 0.717) is 32.6 Å². The highest BCUT2D eigenvalue weighted by atomic mass is 32.2. The number of amides is 1. The number of hydrogen-bond donors (Lipinski definition) is 0. The fraction of sp³-hybridized carbons (Fsp3) is 0.667. The minimum Gasteiger partial charge on any atom is -0.338 e. The third-order valence-corrected chi connectivity index (χ3v) is 7.65. The minimum atomic E-state index is -3.25. The Morgan fingerprint density at radius 1 is 1.28 bits per heavy atom. The van der Waals surface area contributed by atoms with Gasteiger partial charge in [0.25, 0.3) is 0 Å². The van der Waals surface area contributed by atoms with Gasteiger partial charge >= 0.3 is 0 Å². The van der Waals surface area contributed by atoms with Crippen molar-refractivity contribution < 1.29 is 13.2 Å². The van der Waals surface area contributed by atoms with Crippen LogP contribution < -0.4 is 0 Å². The van der Waals surface area contributed by atoms with Crippen molar-refractivity contribution >= 4 is 15.9 Å². The van der Waals surface area contributed by atoms with Gasteiger partial charge in [-0.15, -0.1) is 0 Å². The zero-order valence-electron chi connectivity index (χ0n) is 15.0. The Hall–Kier alpha value is -1.47. The molecule has 1 spiro atoms. The van der Waals surface area contributed by atoms with E-state index in [4.69, 9.17) is 0 Å². The Balaban J connectivity index is 1.76. The van der Waals surface area contributed by atoms with Gasteiger partial charge in [0.05, 0.1) is 5.25 Å². The molecule has 3 rings (SSSR count). The van der Waals surface area contributed by atoms with Crippen LogP contribution in [0.5, 0.6) is 0 Å². The van der Waals surface area contributed by atoms with Crippen LogP contribution in [-0.2, 0) is 21.4 Å². The monoisotopic (exact) mass is 365 g/mol. The van der Waals surface area contributed by atoms with E-state index in [0.717, 1.165) is 24.8 Å². The molecule has 0 bridgehead atoms. The smallest absolute Gasteiger partial charge is 0.222 e. The van der Waals surface area contributed by atoms with Crippen LogP contribution in [0, 0.1) is 5.41 Å². The topological polar surface area (TPSA) is 70.6 Å². The van der Waals surface area contributed by atoms with E-state index in [2.05, 4.69) is 4.98 Å². The van der Waals surface area contributed by atoms with Crippen molar-refractivity contribution in [2.75, 3.05) is 19.6 Å². The van der Waals surface area contributed by atoms with Gasteiger partial charge in [-0.1, -0.05) is 6.07 Å². The van der Waals surface area contributed by atoms with Crippen molar-refractivity contribution in [3.8, 4) is 0 Å². The van der Waals surface area contributed by atoms with Crippen LogP contribution in [0.2, 0.25) is 0 Å². The highest BCUT2D eigenvalue weighted by Crippen LogP contribution is 2.40. The second-order valence-electron chi connectivity index (χ2n) is 7.64. The van der Waals surface area contributed by atoms with Gasteiger partial charge in [0.15, 0.2) is 0 Å². The van der Waals surface area contributed by atoms with E-state index in [-0.39, 0.29) is 11.3 Å². The lowest BCUT2D eigenvalue weighted by atomic mass is 9.74. The van der Waals surface area contributed by atoms with Gasteiger partial charge < -0.3 is 4.90 Å². The van der Waals surface area contributed by atoms with Crippen molar-refractivity contribution in [1.29, 1.82) is 0 Å². The molecule has 1 aromatic heterocycles. The number of nitrogens with zero attached hydrogens (tertiary/aromatic N) is 3. The third-order valence-electron chi connectivity index (χ3n) is 5.43. The lowest BCUT2D eigenvalue weighted by Crippen LogP contribution is -2.55. The highest BCUT2D eigenvalue weighted by Gasteiger charge is 2.44. The third kappa shape index (κ3) is 3.87. The average Bonchev–Trinajstić information content (AvgIpc) is 2.59. The van der Waals surface area contributed by atoms with Crippen molar-refractivity contribution in [1.82, 2.24) is 14.2 Å². The average molecular weight is 365 g/mol. The molecule has 0 aromatic carbocycles. The van der Waals surface area contributed by atoms with Gasteiger partial charge in [0, 0.05) is 50.4 Å². The summed E-state index contributed by atoms with van der Waals surface area (Å²) < 4.78 is 26.8. The molecule has 1 amide bonds. The van der Waals surface area contributed by atoms with E-state index in [9.17, 15) is 13.2 Å². The lowest BCUT2D eigenvalue weighted by molar-refractivity contribution is -0.139. The van der Waals surface area contributed by atoms with Crippen LogP contribution in [0.25, 0.3) is 0 Å². The maximum atomic E-state index is 12.6. The summed E-state index contributed by atoms with van der Waals surface area (Å²) in [6, 6.07) is 3.84. The number of piperidine rings is 2. The maximum absolute atomic E-state index is 12.6. The van der Waals surface area contributed by atoms with E-state index < -0.39 is 15.3 Å². The van der Waals surface area contributed by atoms with Crippen LogP contribution in [0.3, 0.4) is 0 Å². The molecule has 2 aliphatic rings. The van der Waals surface area contributed by atoms with Gasteiger partial charge in [-0.25, -0.2) is 12.7 Å². The van der Waals surface area contributed by atoms with Crippen LogP contribution in [0.1, 0.15) is 45.1 Å². The second kappa shape index (κ2) is 7.03. The summed E-state index contributed by atoms with van der Waals surface area (Å²) in [4.78, 5) is 18.4. The Kier molecular flexibility index (Phi) is 5.16. The summed E-state index contributed by atoms with van der Waals surface area (Å²) in [6.45, 7) is 5.77. The fourth-order valence-corrected chi connectivity index (χ4v) is 5.40. The van der Waals surface area contributed by atoms with Crippen molar-refractivity contribution in [2.45, 2.75) is 51.3 Å². The molecule has 138 valence electrons. The summed E-state index contributed by atoms with van der Waals surface area (Å²) in [5.74, 6) is 0.151. The number of likely N-dealkylation sites (tertiary alicyclic amines) is 1. The molecule has 2 fully saturated rings. The molecule has 7 heteroatoms. The first-order valence-electron chi connectivity index (χ1n) is 8.98. The molecule has 25 heavy (non-hydrogen) atoms. The number of aromatic nitrogens is 1. The standard InChI is InChI=1S/C18H27N3O3S/c1-15(2)25(23,24)21-10-4-7-18(14-21)8-6-17(22)20(13-18)12-16-5-3-9-19-11-16/h3,5,9,11,15H,4,6-8,10,12-14H2,1-2H3/t18-/m1/s1. The summed E-state index contributed by atoms with van der Waals surface area (Å²) in [6.07, 6.45) is 6.62. The molecule has 3 heterocycles. The molecule has 6 nitrogen and oxygen atoms in total. The van der Waals surface area contributed by atoms with Gasteiger partial charge in [-0.2, -0.15) is 0 Å². The second-order valence-corrected chi connectivity index (χ2v) is 10.1. The predicted octanol–water partition coefficient (Wildman–Crippen LogP) is 2.02. The van der Waals surface area contributed by atoms with E-state index in [1.807, 2.05) is 17.0 Å². The summed E-state index contributed by atoms with van der Waals surface area (Å²) in [5, 5.41) is -0.403. The van der Waals surface area contributed by atoms with Gasteiger partial charge in [0.1, 0.15) is 0 Å². The number of rotatable bonds is 4. The van der Waals surface area contributed by atoms with Crippen molar-refractivity contribution in [3.63, 3.8) is 0 Å². The Morgan fingerprint density at radius 3 is 2.76 bits per heavy atom. The van der Waals surface area contributed by atoms with Crippen LogP contribution in [-0.4, -0.2) is 53.4 Å². The SMILES string of the molecule is CC(C)S(=O)(=O)N1CCC[C@]2(CCC(=O)N(Cc3cccnc3)C2)C1. The first-order valence-corrected chi connectivity index (χ1v) is 10.5. The summed E-state index contributed by atoms with van der Waals surface area (Å²) in [7, 11) is -3.25. The quantitative estimate of drug-likeness (QED) is 0.818. The van der Waals surface area contributed by atoms with Crippen molar-refractivity contribution in [3.05, 3.63) is 30.1 Å². The van der Waals surface area contributed by atoms with Crippen molar-refractivity contribution in [2.24, 2.45) is 5.41 Å². The molecule has 2 aliphatic heterocycles. The Bertz CT molecular complexity index is 720. The molecular formula is C18H27N3O3S. The molecular weight excluding hydrogens is 338 g/mol. The van der Waals surface area contributed by atoms with Crippen LogP contribution >= 0.6 is 0 Å². The minimum absolute atomic E-state index is 0.115. The number of carbonyl (C=O) groups excluding carboxylic acids is 1. The Labute approximate surface area is 150 Å². The highest BCUT2D eigenvalue weighted by molar-refractivity contribution is 7.89. The number of sulfonamides is 1. The maximum Gasteiger partial charge on any atom is 0.222 e. The Morgan fingerprint density at radius 2 is 2.08 bits per heavy atom. The molecule has 1 aromatic rings. The first kappa shape index (κ1) is 18.3. The van der Waals surface area contributed by atoms with Crippen LogP contribution in [0.15, 0.2) is 24.5 Å². The van der Waals surface area contributed by atoms with Gasteiger partial charge in [-0.3, -0.25) is 9.78 Å². The van der Waals surface area contributed by atoms with Gasteiger partial charge in [-0.05, 0) is 44.7 Å². The van der Waals surface area contributed by atoms with E-state index >= 15 is 0 Å². The molecule has 0 radical (unpaired) electrons. The number of carbonyl (C=O) groups is 1. The molecule has 0 aliphatic carbocycles. The summed E-state index contributed by atoms with van der Waals surface area (Å²) in [5.41, 5.74) is 0.895. The number of pyridine rings is 1. The van der Waals surface area contributed by atoms with Gasteiger partial charge in [0.2, 0.25) is 15.9 Å². The van der Waals surface area contributed by atoms with E-state index in [1.165, 1.54) is 0 Å². The lowest BCUT2D eigenvalue weighted by Gasteiger charge is -2.48.